The van der Waals surface area contributed by atoms with Crippen LogP contribution in [0.4, 0.5) is 0 Å². The number of benzene rings is 1. The van der Waals surface area contributed by atoms with E-state index >= 15 is 0 Å². The Hall–Kier alpha value is -0.860. The minimum absolute atomic E-state index is 0.563. The third-order valence-corrected chi connectivity index (χ3v) is 2.36. The first-order chi connectivity index (χ1) is 6.18. The van der Waals surface area contributed by atoms with E-state index < -0.39 is 0 Å². The van der Waals surface area contributed by atoms with Crippen LogP contribution in [0.15, 0.2) is 18.5 Å². The molecule has 1 heterocycles. The van der Waals surface area contributed by atoms with Crippen LogP contribution in [0.5, 0.6) is 0 Å². The summed E-state index contributed by atoms with van der Waals surface area (Å²) >= 11 is 11.8. The third-order valence-electron chi connectivity index (χ3n) is 1.86. The van der Waals surface area contributed by atoms with Crippen molar-refractivity contribution in [3.05, 3.63) is 34.2 Å². The molecule has 1 aromatic carbocycles. The van der Waals surface area contributed by atoms with E-state index in [0.717, 1.165) is 16.6 Å². The van der Waals surface area contributed by atoms with E-state index in [1.165, 1.54) is 6.33 Å². The van der Waals surface area contributed by atoms with Gasteiger partial charge in [0.15, 0.2) is 0 Å². The molecule has 0 fully saturated rings. The van der Waals surface area contributed by atoms with Gasteiger partial charge in [0, 0.05) is 16.1 Å². The Morgan fingerprint density at radius 2 is 1.92 bits per heavy atom. The van der Waals surface area contributed by atoms with Gasteiger partial charge in [-0.2, -0.15) is 0 Å². The highest BCUT2D eigenvalue weighted by Gasteiger charge is 2.04. The highest BCUT2D eigenvalue weighted by atomic mass is 35.5. The molecule has 13 heavy (non-hydrogen) atoms. The molecule has 0 radical (unpaired) electrons. The second-order valence-electron chi connectivity index (χ2n) is 2.74. The van der Waals surface area contributed by atoms with Crippen molar-refractivity contribution in [1.82, 2.24) is 9.97 Å². The number of halogens is 2. The lowest BCUT2D eigenvalue weighted by Gasteiger charge is -2.02. The average molecular weight is 213 g/mol. The Balaban J connectivity index is 2.94. The van der Waals surface area contributed by atoms with Gasteiger partial charge in [-0.05, 0) is 19.1 Å². The van der Waals surface area contributed by atoms with Gasteiger partial charge in [0.25, 0.3) is 0 Å². The number of nitrogens with zero attached hydrogens (tertiary/aromatic N) is 2. The molecule has 0 N–H and O–H groups in total. The number of aryl methyl sites for hydroxylation is 1. The van der Waals surface area contributed by atoms with Gasteiger partial charge in [0.05, 0.1) is 10.5 Å². The van der Waals surface area contributed by atoms with Crippen LogP contribution in [-0.2, 0) is 0 Å². The van der Waals surface area contributed by atoms with Crippen LogP contribution in [0.3, 0.4) is 0 Å². The summed E-state index contributed by atoms with van der Waals surface area (Å²) in [5, 5.41) is 2.07. The minimum Gasteiger partial charge on any atom is -0.241 e. The lowest BCUT2D eigenvalue weighted by Crippen LogP contribution is -1.87. The number of aromatic nitrogens is 2. The lowest BCUT2D eigenvalue weighted by atomic mass is 10.2. The highest BCUT2D eigenvalue weighted by Crippen LogP contribution is 2.26. The number of hydrogen-bond donors (Lipinski definition) is 0. The van der Waals surface area contributed by atoms with Crippen LogP contribution >= 0.6 is 23.2 Å². The maximum Gasteiger partial charge on any atom is 0.116 e. The summed E-state index contributed by atoms with van der Waals surface area (Å²) in [4.78, 5) is 8.14. The molecule has 4 heteroatoms. The van der Waals surface area contributed by atoms with Gasteiger partial charge in [-0.25, -0.2) is 9.97 Å². The van der Waals surface area contributed by atoms with Gasteiger partial charge >= 0.3 is 0 Å². The first-order valence-electron chi connectivity index (χ1n) is 3.75. The molecule has 0 aliphatic carbocycles. The Bertz CT molecular complexity index is 468. The van der Waals surface area contributed by atoms with Gasteiger partial charge < -0.3 is 0 Å². The van der Waals surface area contributed by atoms with E-state index in [1.807, 2.05) is 13.0 Å². The molecule has 66 valence electrons. The molecule has 0 spiro atoms. The molecule has 0 bridgehead atoms. The zero-order chi connectivity index (χ0) is 9.42. The van der Waals surface area contributed by atoms with Crippen LogP contribution in [0.25, 0.3) is 10.9 Å². The number of rotatable bonds is 0. The van der Waals surface area contributed by atoms with Crippen molar-refractivity contribution >= 4 is 34.1 Å². The molecule has 0 unspecified atom stereocenters. The summed E-state index contributed by atoms with van der Waals surface area (Å²) in [5.74, 6) is 0. The van der Waals surface area contributed by atoms with E-state index in [2.05, 4.69) is 9.97 Å². The molecule has 0 atom stereocenters. The zero-order valence-corrected chi connectivity index (χ0v) is 8.39. The van der Waals surface area contributed by atoms with Gasteiger partial charge in [0.2, 0.25) is 0 Å². The van der Waals surface area contributed by atoms with Gasteiger partial charge in [-0.1, -0.05) is 23.2 Å². The van der Waals surface area contributed by atoms with Crippen LogP contribution in [0.1, 0.15) is 5.69 Å². The summed E-state index contributed by atoms with van der Waals surface area (Å²) in [6.45, 7) is 1.90. The topological polar surface area (TPSA) is 25.8 Å². The second kappa shape index (κ2) is 3.13. The molecule has 0 aliphatic heterocycles. The molecule has 0 aliphatic rings. The van der Waals surface area contributed by atoms with Gasteiger partial charge in [-0.15, -0.1) is 0 Å². The van der Waals surface area contributed by atoms with Crippen molar-refractivity contribution in [1.29, 1.82) is 0 Å². The molecule has 2 nitrogen and oxygen atoms in total. The maximum absolute atomic E-state index is 5.96. The summed E-state index contributed by atoms with van der Waals surface area (Å²) in [6.07, 6.45) is 1.50. The van der Waals surface area contributed by atoms with E-state index in [4.69, 9.17) is 23.2 Å². The molecular formula is C9H6Cl2N2. The van der Waals surface area contributed by atoms with E-state index in [-0.39, 0.29) is 0 Å². The SMILES string of the molecule is Cc1ncnc2c(Cl)cc(Cl)cc12. The summed E-state index contributed by atoms with van der Waals surface area (Å²) in [7, 11) is 0. The van der Waals surface area contributed by atoms with E-state index in [9.17, 15) is 0 Å². The quantitative estimate of drug-likeness (QED) is 0.671. The van der Waals surface area contributed by atoms with Crippen molar-refractivity contribution in [3.8, 4) is 0 Å². The third kappa shape index (κ3) is 1.47. The Kier molecular flexibility index (Phi) is 2.10. The first kappa shape index (κ1) is 8.73. The van der Waals surface area contributed by atoms with Gasteiger partial charge in [0.1, 0.15) is 6.33 Å². The summed E-state index contributed by atoms with van der Waals surface area (Å²) in [5.41, 5.74) is 1.63. The van der Waals surface area contributed by atoms with Crippen molar-refractivity contribution in [3.63, 3.8) is 0 Å². The van der Waals surface area contributed by atoms with E-state index in [1.54, 1.807) is 6.07 Å². The van der Waals surface area contributed by atoms with Crippen molar-refractivity contribution in [2.75, 3.05) is 0 Å². The molecule has 2 rings (SSSR count). The fourth-order valence-electron chi connectivity index (χ4n) is 1.22. The van der Waals surface area contributed by atoms with Crippen molar-refractivity contribution in [2.24, 2.45) is 0 Å². The first-order valence-corrected chi connectivity index (χ1v) is 4.50. The molecular weight excluding hydrogens is 207 g/mol. The van der Waals surface area contributed by atoms with Crippen LogP contribution < -0.4 is 0 Å². The van der Waals surface area contributed by atoms with E-state index in [0.29, 0.717) is 10.0 Å². The summed E-state index contributed by atoms with van der Waals surface area (Å²) < 4.78 is 0. The summed E-state index contributed by atoms with van der Waals surface area (Å²) in [6, 6.07) is 3.50. The van der Waals surface area contributed by atoms with Crippen LogP contribution in [-0.4, -0.2) is 9.97 Å². The predicted octanol–water partition coefficient (Wildman–Crippen LogP) is 3.25. The van der Waals surface area contributed by atoms with Crippen molar-refractivity contribution in [2.45, 2.75) is 6.92 Å². The normalized spacial score (nSPS) is 10.7. The Morgan fingerprint density at radius 3 is 2.69 bits per heavy atom. The zero-order valence-electron chi connectivity index (χ0n) is 6.88. The fourth-order valence-corrected chi connectivity index (χ4v) is 1.76. The average Bonchev–Trinajstić information content (AvgIpc) is 2.07. The van der Waals surface area contributed by atoms with Gasteiger partial charge in [-0.3, -0.25) is 0 Å². The fraction of sp³-hybridized carbons (Fsp3) is 0.111. The monoisotopic (exact) mass is 212 g/mol. The predicted molar refractivity (Wildman–Crippen MR) is 54.3 cm³/mol. The molecule has 0 saturated heterocycles. The number of hydrogen-bond acceptors (Lipinski definition) is 2. The second-order valence-corrected chi connectivity index (χ2v) is 3.59. The largest absolute Gasteiger partial charge is 0.241 e. The smallest absolute Gasteiger partial charge is 0.116 e. The lowest BCUT2D eigenvalue weighted by molar-refractivity contribution is 1.15. The molecule has 0 saturated carbocycles. The molecule has 1 aromatic heterocycles. The Morgan fingerprint density at radius 1 is 1.15 bits per heavy atom. The van der Waals surface area contributed by atoms with Crippen LogP contribution in [0, 0.1) is 6.92 Å². The molecule has 0 amide bonds. The molecule has 2 aromatic rings. The van der Waals surface area contributed by atoms with Crippen molar-refractivity contribution < 1.29 is 0 Å². The highest BCUT2D eigenvalue weighted by molar-refractivity contribution is 6.38. The van der Waals surface area contributed by atoms with Crippen LogP contribution in [0.2, 0.25) is 10.0 Å². The Labute approximate surface area is 85.5 Å². The maximum atomic E-state index is 5.96. The minimum atomic E-state index is 0.563. The number of fused-ring (bicyclic) bond motifs is 1. The standard InChI is InChI=1S/C9H6Cl2N2/c1-5-7-2-6(10)3-8(11)9(7)13-4-12-5/h2-4H,1H3.